The van der Waals surface area contributed by atoms with Gasteiger partial charge in [-0.2, -0.15) is 0 Å². The summed E-state index contributed by atoms with van der Waals surface area (Å²) in [5.41, 5.74) is 0. The molecule has 0 aliphatic heterocycles. The number of hydrogen-bond acceptors (Lipinski definition) is 7. The third kappa shape index (κ3) is 6.76. The molecule has 0 aliphatic carbocycles. The summed E-state index contributed by atoms with van der Waals surface area (Å²) in [6.07, 6.45) is -3.96. The number of carbonyl (C=O) groups excluding carboxylic acids is 3. The van der Waals surface area contributed by atoms with Crippen LogP contribution in [-0.2, 0) is 28.6 Å². The topological polar surface area (TPSA) is 99.1 Å². The smallest absolute Gasteiger partial charge is 0.347 e. The Kier molecular flexibility index (Phi) is 7.06. The Morgan fingerprint density at radius 3 is 1.47 bits per heavy atom. The van der Waals surface area contributed by atoms with E-state index in [4.69, 9.17) is 14.6 Å². The van der Waals surface area contributed by atoms with Crippen LogP contribution in [0.15, 0.2) is 0 Å². The van der Waals surface area contributed by atoms with Gasteiger partial charge in [0.05, 0.1) is 6.10 Å². The van der Waals surface area contributed by atoms with Gasteiger partial charge in [0.15, 0.2) is 12.2 Å². The van der Waals surface area contributed by atoms with Crippen molar-refractivity contribution in [3.8, 4) is 0 Å². The molecule has 0 aromatic carbocycles. The summed E-state index contributed by atoms with van der Waals surface area (Å²) in [5, 5.41) is 8.92. The van der Waals surface area contributed by atoms with Crippen molar-refractivity contribution in [2.75, 3.05) is 0 Å². The van der Waals surface area contributed by atoms with E-state index in [1.165, 1.54) is 20.8 Å². The lowest BCUT2D eigenvalue weighted by Crippen LogP contribution is -2.35. The van der Waals surface area contributed by atoms with Gasteiger partial charge in [0.2, 0.25) is 0 Å². The zero-order valence-electron chi connectivity index (χ0n) is 11.7. The molecular formula is C12H20O7. The quantitative estimate of drug-likeness (QED) is 0.545. The molecular weight excluding hydrogens is 256 g/mol. The van der Waals surface area contributed by atoms with Crippen molar-refractivity contribution in [3.63, 3.8) is 0 Å². The first-order chi connectivity index (χ1) is 8.65. The summed E-state index contributed by atoms with van der Waals surface area (Å²) in [4.78, 5) is 34.0. The van der Waals surface area contributed by atoms with E-state index in [-0.39, 0.29) is 6.10 Å². The Balaban J connectivity index is 4.29. The van der Waals surface area contributed by atoms with Crippen LogP contribution >= 0.6 is 0 Å². The van der Waals surface area contributed by atoms with Gasteiger partial charge in [0.25, 0.3) is 0 Å². The number of esters is 3. The number of ether oxygens (including phenoxy) is 3. The Labute approximate surface area is 111 Å². The molecule has 0 aliphatic rings. The van der Waals surface area contributed by atoms with Crippen LogP contribution in [0, 0.1) is 0 Å². The minimum atomic E-state index is -1.33. The van der Waals surface area contributed by atoms with Gasteiger partial charge in [0.1, 0.15) is 6.10 Å². The van der Waals surface area contributed by atoms with Crippen molar-refractivity contribution >= 4 is 17.9 Å². The maximum absolute atomic E-state index is 11.5. The van der Waals surface area contributed by atoms with E-state index < -0.39 is 36.2 Å². The molecule has 0 radical (unpaired) electrons. The maximum Gasteiger partial charge on any atom is 0.347 e. The summed E-state index contributed by atoms with van der Waals surface area (Å²) in [6, 6.07) is 0. The second-order valence-corrected chi connectivity index (χ2v) is 4.32. The van der Waals surface area contributed by atoms with Crippen LogP contribution in [0.4, 0.5) is 0 Å². The first-order valence-electron chi connectivity index (χ1n) is 5.94. The van der Waals surface area contributed by atoms with Crippen molar-refractivity contribution in [1.29, 1.82) is 0 Å². The molecule has 0 amide bonds. The molecule has 0 rings (SSSR count). The molecule has 0 bridgehead atoms. The highest BCUT2D eigenvalue weighted by Crippen LogP contribution is 2.04. The van der Waals surface area contributed by atoms with Gasteiger partial charge in [0, 0.05) is 0 Å². The van der Waals surface area contributed by atoms with E-state index in [0.29, 0.717) is 0 Å². The maximum atomic E-state index is 11.5. The fourth-order valence-corrected chi connectivity index (χ4v) is 0.967. The van der Waals surface area contributed by atoms with Gasteiger partial charge in [-0.3, -0.25) is 0 Å². The second-order valence-electron chi connectivity index (χ2n) is 4.32. The van der Waals surface area contributed by atoms with Gasteiger partial charge >= 0.3 is 17.9 Å². The zero-order valence-corrected chi connectivity index (χ0v) is 11.7. The Bertz CT molecular complexity index is 335. The van der Waals surface area contributed by atoms with Crippen molar-refractivity contribution in [2.45, 2.75) is 59.0 Å². The average molecular weight is 276 g/mol. The fourth-order valence-electron chi connectivity index (χ4n) is 0.967. The molecule has 7 nitrogen and oxygen atoms in total. The van der Waals surface area contributed by atoms with Crippen LogP contribution in [0.2, 0.25) is 0 Å². The predicted octanol–water partition coefficient (Wildman–Crippen LogP) is 0.182. The molecule has 0 fully saturated rings. The van der Waals surface area contributed by atoms with E-state index in [1.54, 1.807) is 13.8 Å². The molecule has 2 unspecified atom stereocenters. The van der Waals surface area contributed by atoms with Crippen LogP contribution in [-0.4, -0.2) is 47.4 Å². The molecule has 1 N–H and O–H groups in total. The van der Waals surface area contributed by atoms with E-state index in [0.717, 1.165) is 0 Å². The fraction of sp³-hybridized carbons (Fsp3) is 0.750. The number of rotatable bonds is 6. The van der Waals surface area contributed by atoms with Gasteiger partial charge in [-0.05, 0) is 34.6 Å². The van der Waals surface area contributed by atoms with Crippen LogP contribution < -0.4 is 0 Å². The number of hydrogen-bond donors (Lipinski definition) is 1. The van der Waals surface area contributed by atoms with E-state index in [2.05, 4.69) is 4.74 Å². The summed E-state index contributed by atoms with van der Waals surface area (Å²) in [6.45, 7) is 7.18. The molecule has 110 valence electrons. The summed E-state index contributed by atoms with van der Waals surface area (Å²) in [7, 11) is 0. The lowest BCUT2D eigenvalue weighted by Gasteiger charge is -2.18. The molecule has 0 aromatic heterocycles. The van der Waals surface area contributed by atoms with Crippen molar-refractivity contribution in [1.82, 2.24) is 0 Å². The Morgan fingerprint density at radius 2 is 1.11 bits per heavy atom. The largest absolute Gasteiger partial charge is 0.460 e. The normalized spacial score (nSPS) is 15.3. The van der Waals surface area contributed by atoms with Gasteiger partial charge in [-0.25, -0.2) is 14.4 Å². The second kappa shape index (κ2) is 7.73. The first kappa shape index (κ1) is 17.4. The molecule has 0 spiro atoms. The Hall–Kier alpha value is -1.63. The molecule has 0 heterocycles. The molecule has 7 heteroatoms. The van der Waals surface area contributed by atoms with Crippen LogP contribution in [0.1, 0.15) is 34.6 Å². The minimum absolute atomic E-state index is 0.320. The van der Waals surface area contributed by atoms with Crippen molar-refractivity contribution in [2.24, 2.45) is 0 Å². The lowest BCUT2D eigenvalue weighted by molar-refractivity contribution is -0.180. The SMILES string of the molecule is CC(C)OC(=O)C(C)OC(=O)C(C)OC(=O)[C@@H](C)O. The van der Waals surface area contributed by atoms with Gasteiger partial charge in [-0.15, -0.1) is 0 Å². The third-order valence-corrected chi connectivity index (χ3v) is 1.94. The van der Waals surface area contributed by atoms with Gasteiger partial charge < -0.3 is 19.3 Å². The predicted molar refractivity (Wildman–Crippen MR) is 64.0 cm³/mol. The lowest BCUT2D eigenvalue weighted by atomic mass is 10.3. The third-order valence-electron chi connectivity index (χ3n) is 1.94. The highest BCUT2D eigenvalue weighted by atomic mass is 16.6. The Morgan fingerprint density at radius 1 is 0.737 bits per heavy atom. The van der Waals surface area contributed by atoms with E-state index >= 15 is 0 Å². The summed E-state index contributed by atoms with van der Waals surface area (Å²) >= 11 is 0. The van der Waals surface area contributed by atoms with Crippen molar-refractivity contribution < 1.29 is 33.7 Å². The van der Waals surface area contributed by atoms with E-state index in [9.17, 15) is 14.4 Å². The first-order valence-corrected chi connectivity index (χ1v) is 5.94. The van der Waals surface area contributed by atoms with Crippen LogP contribution in [0.3, 0.4) is 0 Å². The molecule has 0 aromatic rings. The number of carbonyl (C=O) groups is 3. The monoisotopic (exact) mass is 276 g/mol. The molecule has 0 saturated heterocycles. The minimum Gasteiger partial charge on any atom is -0.460 e. The molecule has 3 atom stereocenters. The van der Waals surface area contributed by atoms with Crippen LogP contribution in [0.25, 0.3) is 0 Å². The summed E-state index contributed by atoms with van der Waals surface area (Å²) in [5.74, 6) is -2.51. The summed E-state index contributed by atoms with van der Waals surface area (Å²) < 4.78 is 14.3. The van der Waals surface area contributed by atoms with E-state index in [1.807, 2.05) is 0 Å². The molecule has 0 saturated carbocycles. The van der Waals surface area contributed by atoms with Crippen molar-refractivity contribution in [3.05, 3.63) is 0 Å². The zero-order chi connectivity index (χ0) is 15.2. The number of aliphatic hydroxyl groups excluding tert-OH is 1. The van der Waals surface area contributed by atoms with Gasteiger partial charge in [-0.1, -0.05) is 0 Å². The standard InChI is InChI=1S/C12H20O7/c1-6(2)17-11(15)8(4)19-12(16)9(5)18-10(14)7(3)13/h6-9,13H,1-5H3/t7-,8?,9?/m1/s1. The van der Waals surface area contributed by atoms with Crippen LogP contribution in [0.5, 0.6) is 0 Å². The number of aliphatic hydroxyl groups is 1. The molecule has 19 heavy (non-hydrogen) atoms. The average Bonchev–Trinajstić information content (AvgIpc) is 2.27. The highest BCUT2D eigenvalue weighted by molar-refractivity contribution is 5.83. The highest BCUT2D eigenvalue weighted by Gasteiger charge is 2.26.